The van der Waals surface area contributed by atoms with Gasteiger partial charge in [0.15, 0.2) is 0 Å². The molecule has 5 heteroatoms. The molecular formula is H3BO3Si. The molecule has 0 rings (SSSR count). The van der Waals surface area contributed by atoms with Crippen LogP contribution in [0.3, 0.4) is 0 Å². The number of rotatable bonds is 0. The lowest BCUT2D eigenvalue weighted by atomic mass is 10.3. The smallest absolute Gasteiger partial charge is 0.402 e. The third-order valence-electron chi connectivity index (χ3n) is 0. The highest BCUT2D eigenvalue weighted by atomic mass is 28.1. The molecule has 0 bridgehead atoms. The molecule has 0 aromatic carbocycles. The predicted molar refractivity (Wildman–Crippen MR) is 18.2 cm³/mol. The molecule has 0 aromatic rings. The first kappa shape index (κ1) is 8.94. The summed E-state index contributed by atoms with van der Waals surface area (Å²) in [4.78, 5) is 0. The molecule has 0 saturated heterocycles. The van der Waals surface area contributed by atoms with E-state index in [-0.39, 0.29) is 11.0 Å². The number of hydrogen-bond acceptors (Lipinski definition) is 3. The molecule has 3 N–H and O–H groups in total. The molecule has 0 unspecified atom stereocenters. The normalized spacial score (nSPS) is 5.40. The van der Waals surface area contributed by atoms with E-state index in [1.165, 1.54) is 0 Å². The third-order valence-corrected chi connectivity index (χ3v) is 0. The zero-order valence-electron chi connectivity index (χ0n) is 2.42. The van der Waals surface area contributed by atoms with E-state index in [0.717, 1.165) is 0 Å². The Hall–Kier alpha value is 0.162. The topological polar surface area (TPSA) is 60.7 Å². The second-order valence-corrected chi connectivity index (χ2v) is 0.346. The van der Waals surface area contributed by atoms with E-state index in [2.05, 4.69) is 0 Å². The summed E-state index contributed by atoms with van der Waals surface area (Å²) >= 11 is 0. The van der Waals surface area contributed by atoms with Gasteiger partial charge in [0.25, 0.3) is 0 Å². The molecule has 0 aromatic heterocycles. The van der Waals surface area contributed by atoms with Crippen LogP contribution in [0, 0.1) is 0 Å². The van der Waals surface area contributed by atoms with Gasteiger partial charge in [-0.2, -0.15) is 0 Å². The summed E-state index contributed by atoms with van der Waals surface area (Å²) < 4.78 is 0. The van der Waals surface area contributed by atoms with Crippen LogP contribution in [0.4, 0.5) is 0 Å². The summed E-state index contributed by atoms with van der Waals surface area (Å²) in [7, 11) is -2.17. The quantitative estimate of drug-likeness (QED) is 0.290. The summed E-state index contributed by atoms with van der Waals surface area (Å²) in [6.07, 6.45) is 0. The average molecular weight is 89.9 g/mol. The molecular weight excluding hydrogens is 86.9 g/mol. The molecule has 0 heterocycles. The minimum atomic E-state index is -2.17. The summed E-state index contributed by atoms with van der Waals surface area (Å²) in [6.45, 7) is 0. The zero-order chi connectivity index (χ0) is 3.58. The van der Waals surface area contributed by atoms with Crippen LogP contribution in [0.15, 0.2) is 0 Å². The first-order chi connectivity index (χ1) is 1.73. The second-order valence-electron chi connectivity index (χ2n) is 0.346. The minimum absolute atomic E-state index is 0. The molecule has 4 radical (unpaired) electrons. The molecule has 0 atom stereocenters. The van der Waals surface area contributed by atoms with Crippen LogP contribution < -0.4 is 0 Å². The van der Waals surface area contributed by atoms with Crippen molar-refractivity contribution in [2.24, 2.45) is 0 Å². The van der Waals surface area contributed by atoms with Crippen LogP contribution in [0.1, 0.15) is 0 Å². The molecule has 0 aliphatic carbocycles. The van der Waals surface area contributed by atoms with Crippen LogP contribution in [-0.4, -0.2) is 33.4 Å². The Labute approximate surface area is 34.5 Å². The zero-order valence-corrected chi connectivity index (χ0v) is 3.42. The lowest BCUT2D eigenvalue weighted by Crippen LogP contribution is -2.07. The highest BCUT2D eigenvalue weighted by molar-refractivity contribution is 6.30. The van der Waals surface area contributed by atoms with Gasteiger partial charge in [0, 0.05) is 11.0 Å². The highest BCUT2D eigenvalue weighted by Crippen LogP contribution is 1.40. The average Bonchev–Trinajstić information content (AvgIpc) is 0.811. The summed E-state index contributed by atoms with van der Waals surface area (Å²) in [6, 6.07) is 0. The van der Waals surface area contributed by atoms with E-state index < -0.39 is 7.32 Å². The Bertz CT molecular complexity index is 11.6. The summed E-state index contributed by atoms with van der Waals surface area (Å²) in [5.41, 5.74) is 0. The Morgan fingerprint density at radius 1 is 1.00 bits per heavy atom. The lowest BCUT2D eigenvalue weighted by molar-refractivity contribution is 0.278. The maximum Gasteiger partial charge on any atom is 0.631 e. The highest BCUT2D eigenvalue weighted by Gasteiger charge is 1.92. The Balaban J connectivity index is 0. The van der Waals surface area contributed by atoms with Gasteiger partial charge >= 0.3 is 7.32 Å². The second kappa shape index (κ2) is 4.16. The van der Waals surface area contributed by atoms with Gasteiger partial charge in [0.2, 0.25) is 0 Å². The van der Waals surface area contributed by atoms with Gasteiger partial charge in [-0.25, -0.2) is 0 Å². The van der Waals surface area contributed by atoms with Gasteiger partial charge in [0.05, 0.1) is 0 Å². The molecule has 0 amide bonds. The van der Waals surface area contributed by atoms with Crippen LogP contribution in [0.2, 0.25) is 0 Å². The van der Waals surface area contributed by atoms with Gasteiger partial charge in [-0.3, -0.25) is 0 Å². The van der Waals surface area contributed by atoms with Crippen LogP contribution in [0.25, 0.3) is 0 Å². The summed E-state index contributed by atoms with van der Waals surface area (Å²) in [5, 5.41) is 21.5. The fraction of sp³-hybridized carbons (Fsp3) is 0. The van der Waals surface area contributed by atoms with Gasteiger partial charge < -0.3 is 15.1 Å². The fourth-order valence-corrected chi connectivity index (χ4v) is 0. The van der Waals surface area contributed by atoms with Crippen LogP contribution >= 0.6 is 0 Å². The van der Waals surface area contributed by atoms with Crippen molar-refractivity contribution in [3.63, 3.8) is 0 Å². The molecule has 0 aliphatic heterocycles. The van der Waals surface area contributed by atoms with Crippen molar-refractivity contribution in [2.75, 3.05) is 0 Å². The fourth-order valence-electron chi connectivity index (χ4n) is 0. The van der Waals surface area contributed by atoms with Gasteiger partial charge in [-0.15, -0.1) is 0 Å². The van der Waals surface area contributed by atoms with E-state index in [9.17, 15) is 0 Å². The Morgan fingerprint density at radius 3 is 1.00 bits per heavy atom. The Morgan fingerprint density at radius 2 is 1.00 bits per heavy atom. The number of hydrogen-bond donors (Lipinski definition) is 3. The minimum Gasteiger partial charge on any atom is -0.402 e. The van der Waals surface area contributed by atoms with E-state index in [0.29, 0.717) is 0 Å². The molecule has 5 heavy (non-hydrogen) atoms. The van der Waals surface area contributed by atoms with Crippen molar-refractivity contribution in [1.82, 2.24) is 0 Å². The summed E-state index contributed by atoms with van der Waals surface area (Å²) in [5.74, 6) is 0. The van der Waals surface area contributed by atoms with Crippen molar-refractivity contribution in [1.29, 1.82) is 0 Å². The van der Waals surface area contributed by atoms with E-state index in [4.69, 9.17) is 15.1 Å². The molecule has 28 valence electrons. The van der Waals surface area contributed by atoms with Crippen molar-refractivity contribution in [3.8, 4) is 0 Å². The van der Waals surface area contributed by atoms with Crippen molar-refractivity contribution >= 4 is 18.3 Å². The molecule has 0 spiro atoms. The first-order valence-corrected chi connectivity index (χ1v) is 0.775. The van der Waals surface area contributed by atoms with E-state index in [1.807, 2.05) is 0 Å². The van der Waals surface area contributed by atoms with Gasteiger partial charge in [-0.1, -0.05) is 0 Å². The molecule has 0 saturated carbocycles. The van der Waals surface area contributed by atoms with Crippen LogP contribution in [-0.2, 0) is 0 Å². The van der Waals surface area contributed by atoms with Gasteiger partial charge in [0.1, 0.15) is 0 Å². The molecule has 0 fully saturated rings. The molecule has 3 nitrogen and oxygen atoms in total. The first-order valence-electron chi connectivity index (χ1n) is 0.775. The predicted octanol–water partition coefficient (Wildman–Crippen LogP) is -2.43. The van der Waals surface area contributed by atoms with Gasteiger partial charge in [-0.05, 0) is 0 Å². The van der Waals surface area contributed by atoms with Crippen molar-refractivity contribution in [2.45, 2.75) is 0 Å². The maximum atomic E-state index is 7.17. The van der Waals surface area contributed by atoms with Crippen LogP contribution in [0.5, 0.6) is 0 Å². The molecule has 0 aliphatic rings. The third kappa shape index (κ3) is 743. The van der Waals surface area contributed by atoms with E-state index >= 15 is 0 Å². The standard InChI is InChI=1S/BH3O3.Si/c2-1(3)4;/h2-4H;. The van der Waals surface area contributed by atoms with Crippen molar-refractivity contribution < 1.29 is 15.1 Å². The SMILES string of the molecule is OB(O)O.[Si]. The lowest BCUT2D eigenvalue weighted by Gasteiger charge is -1.69. The van der Waals surface area contributed by atoms with E-state index in [1.54, 1.807) is 0 Å². The maximum absolute atomic E-state index is 7.17. The monoisotopic (exact) mass is 90.0 g/mol. The Kier molecular flexibility index (Phi) is 7.44. The largest absolute Gasteiger partial charge is 0.631 e. The van der Waals surface area contributed by atoms with Crippen molar-refractivity contribution in [3.05, 3.63) is 0 Å².